The van der Waals surface area contributed by atoms with Crippen molar-refractivity contribution in [3.8, 4) is 0 Å². The van der Waals surface area contributed by atoms with Crippen LogP contribution in [0.5, 0.6) is 0 Å². The molecule has 7 heteroatoms. The number of nitrogens with one attached hydrogen (secondary N) is 3. The second-order valence-corrected chi connectivity index (χ2v) is 10.3. The number of hydrogen-bond acceptors (Lipinski definition) is 5. The molecule has 36 heavy (non-hydrogen) atoms. The van der Waals surface area contributed by atoms with E-state index in [1.54, 1.807) is 0 Å². The van der Waals surface area contributed by atoms with Crippen LogP contribution in [0.2, 0.25) is 0 Å². The molecule has 6 N–H and O–H groups in total. The number of aromatic nitrogens is 2. The zero-order valence-electron chi connectivity index (χ0n) is 21.1. The van der Waals surface area contributed by atoms with Gasteiger partial charge in [0.25, 0.3) is 0 Å². The first-order valence-corrected chi connectivity index (χ1v) is 12.6. The molecule has 0 saturated carbocycles. The molecule has 190 valence electrons. The normalized spacial score (nSPS) is 20.3. The maximum atomic E-state index is 11.1. The quantitative estimate of drug-likeness (QED) is 0.249. The van der Waals surface area contributed by atoms with Gasteiger partial charge in [-0.3, -0.25) is 0 Å². The third kappa shape index (κ3) is 3.97. The Morgan fingerprint density at radius 1 is 1.06 bits per heavy atom. The molecule has 2 aromatic heterocycles. The summed E-state index contributed by atoms with van der Waals surface area (Å²) in [7, 11) is 2.09. The van der Waals surface area contributed by atoms with Crippen molar-refractivity contribution in [2.24, 2.45) is 5.92 Å². The lowest BCUT2D eigenvalue weighted by Gasteiger charge is -2.36. The summed E-state index contributed by atoms with van der Waals surface area (Å²) in [4.78, 5) is 9.07. The van der Waals surface area contributed by atoms with Gasteiger partial charge in [0.1, 0.15) is 0 Å². The van der Waals surface area contributed by atoms with Crippen LogP contribution in [0, 0.1) is 5.92 Å². The number of fused-ring (bicyclic) bond motifs is 1. The minimum absolute atomic E-state index is 0.00353. The van der Waals surface area contributed by atoms with Crippen molar-refractivity contribution in [3.63, 3.8) is 0 Å². The van der Waals surface area contributed by atoms with Crippen LogP contribution in [0.25, 0.3) is 21.8 Å². The first-order chi connectivity index (χ1) is 17.3. The van der Waals surface area contributed by atoms with E-state index >= 15 is 0 Å². The van der Waals surface area contributed by atoms with Crippen LogP contribution < -0.4 is 10.2 Å². The molecule has 1 aliphatic rings. The highest BCUT2D eigenvalue weighted by atomic mass is 16.3. The maximum Gasteiger partial charge on any atom is 0.0881 e. The van der Waals surface area contributed by atoms with Gasteiger partial charge >= 0.3 is 0 Å². The first kappa shape index (κ1) is 24.4. The van der Waals surface area contributed by atoms with E-state index in [-0.39, 0.29) is 25.3 Å². The number of aliphatic hydroxyl groups is 3. The van der Waals surface area contributed by atoms with Gasteiger partial charge in [0.05, 0.1) is 36.9 Å². The molecule has 0 saturated heterocycles. The minimum Gasteiger partial charge on any atom is -0.394 e. The molecule has 0 radical (unpaired) electrons. The molecule has 0 aliphatic carbocycles. The number of likely N-dealkylation sites (N-methyl/N-ethyl adjacent to an activating group) is 1. The van der Waals surface area contributed by atoms with Crippen molar-refractivity contribution in [1.29, 1.82) is 0 Å². The molecule has 0 fully saturated rings. The average Bonchev–Trinajstić information content (AvgIpc) is 3.48. The molecule has 0 spiro atoms. The summed E-state index contributed by atoms with van der Waals surface area (Å²) < 4.78 is 0. The highest BCUT2D eigenvalue weighted by molar-refractivity contribution is 5.99. The fraction of sp³-hybridized carbons (Fsp3) is 0.379. The number of rotatable bonds is 6. The monoisotopic (exact) mass is 488 g/mol. The number of H-pyrrole nitrogens is 2. The summed E-state index contributed by atoms with van der Waals surface area (Å²) in [5, 5.41) is 36.8. The van der Waals surface area contributed by atoms with Gasteiger partial charge in [0.2, 0.25) is 0 Å². The topological polar surface area (TPSA) is 108 Å². The second kappa shape index (κ2) is 9.65. The Morgan fingerprint density at radius 3 is 2.56 bits per heavy atom. The van der Waals surface area contributed by atoms with Gasteiger partial charge in [-0.05, 0) is 41.2 Å². The number of benzene rings is 2. The SMILES string of the molecule is C=C1NC(CO)Cc2c[nH]c3c(C(c4c[nH]c5ccccc45)C(O)CO)ccc(c23)N(C)C1C(C)C. The maximum absolute atomic E-state index is 11.1. The number of hydrogen-bond donors (Lipinski definition) is 6. The summed E-state index contributed by atoms with van der Waals surface area (Å²) in [5.41, 5.74) is 6.85. The Hall–Kier alpha value is -3.26. The number of aliphatic hydroxyl groups excluding tert-OH is 3. The third-order valence-electron chi connectivity index (χ3n) is 7.65. The fourth-order valence-corrected chi connectivity index (χ4v) is 6.08. The fourth-order valence-electron chi connectivity index (χ4n) is 6.08. The molecule has 0 amide bonds. The van der Waals surface area contributed by atoms with Crippen molar-refractivity contribution >= 4 is 27.5 Å². The van der Waals surface area contributed by atoms with E-state index in [1.807, 2.05) is 36.7 Å². The van der Waals surface area contributed by atoms with Crippen molar-refractivity contribution in [1.82, 2.24) is 15.3 Å². The van der Waals surface area contributed by atoms with E-state index in [2.05, 4.69) is 59.8 Å². The highest BCUT2D eigenvalue weighted by Gasteiger charge is 2.32. The van der Waals surface area contributed by atoms with E-state index in [1.165, 1.54) is 0 Å². The number of aromatic amines is 2. The Bertz CT molecular complexity index is 1390. The average molecular weight is 489 g/mol. The molecular formula is C29H36N4O3. The van der Waals surface area contributed by atoms with Crippen LogP contribution >= 0.6 is 0 Å². The van der Waals surface area contributed by atoms with E-state index in [9.17, 15) is 15.3 Å². The van der Waals surface area contributed by atoms with Crippen molar-refractivity contribution < 1.29 is 15.3 Å². The van der Waals surface area contributed by atoms with Gasteiger partial charge in [0, 0.05) is 53.0 Å². The third-order valence-corrected chi connectivity index (χ3v) is 7.65. The molecular weight excluding hydrogens is 452 g/mol. The standard InChI is InChI=1S/C29H36N4O3/c1-16(2)29-17(3)32-19(14-34)11-18-12-31-28-21(9-10-24(26(18)28)33(29)4)27(25(36)15-35)22-13-30-23-8-6-5-7-20(22)23/h5-10,12-13,16,19,25,27,29-32,34-36H,3,11,14-15H2,1-2,4H3. The molecule has 2 aromatic carbocycles. The second-order valence-electron chi connectivity index (χ2n) is 10.3. The van der Waals surface area contributed by atoms with Crippen molar-refractivity contribution in [2.75, 3.05) is 25.2 Å². The Balaban J connectivity index is 1.74. The lowest BCUT2D eigenvalue weighted by atomic mass is 9.84. The summed E-state index contributed by atoms with van der Waals surface area (Å²) in [5.74, 6) is -0.146. The molecule has 3 heterocycles. The van der Waals surface area contributed by atoms with Gasteiger partial charge < -0.3 is 35.5 Å². The summed E-state index contributed by atoms with van der Waals surface area (Å²) >= 11 is 0. The minimum atomic E-state index is -0.978. The van der Waals surface area contributed by atoms with Crippen LogP contribution in [0.15, 0.2) is 61.1 Å². The molecule has 4 atom stereocenters. The summed E-state index contributed by atoms with van der Waals surface area (Å²) in [6.45, 7) is 8.32. The predicted octanol–water partition coefficient (Wildman–Crippen LogP) is 3.62. The number of para-hydroxylation sites is 1. The number of anilines is 1. The highest BCUT2D eigenvalue weighted by Crippen LogP contribution is 2.42. The molecule has 4 unspecified atom stereocenters. The first-order valence-electron chi connectivity index (χ1n) is 12.6. The van der Waals surface area contributed by atoms with Crippen LogP contribution in [0.1, 0.15) is 36.5 Å². The van der Waals surface area contributed by atoms with Gasteiger partial charge in [-0.2, -0.15) is 0 Å². The Labute approximate surface area is 211 Å². The van der Waals surface area contributed by atoms with Gasteiger partial charge in [-0.15, -0.1) is 0 Å². The lowest BCUT2D eigenvalue weighted by Crippen LogP contribution is -2.45. The largest absolute Gasteiger partial charge is 0.394 e. The molecule has 5 rings (SSSR count). The molecule has 7 nitrogen and oxygen atoms in total. The van der Waals surface area contributed by atoms with Crippen LogP contribution in [0.3, 0.4) is 0 Å². The van der Waals surface area contributed by atoms with Gasteiger partial charge in [-0.1, -0.05) is 44.7 Å². The predicted molar refractivity (Wildman–Crippen MR) is 145 cm³/mol. The zero-order valence-corrected chi connectivity index (χ0v) is 21.1. The van der Waals surface area contributed by atoms with E-state index in [0.717, 1.165) is 49.9 Å². The van der Waals surface area contributed by atoms with Crippen LogP contribution in [0.4, 0.5) is 5.69 Å². The summed E-state index contributed by atoms with van der Waals surface area (Å²) in [6, 6.07) is 12.1. The Kier molecular flexibility index (Phi) is 6.55. The van der Waals surface area contributed by atoms with E-state index in [4.69, 9.17) is 0 Å². The van der Waals surface area contributed by atoms with Crippen LogP contribution in [-0.2, 0) is 6.42 Å². The summed E-state index contributed by atoms with van der Waals surface area (Å²) in [6.07, 6.45) is 3.59. The zero-order chi connectivity index (χ0) is 25.6. The molecule has 4 aromatic rings. The van der Waals surface area contributed by atoms with Crippen molar-refractivity contribution in [3.05, 3.63) is 77.8 Å². The van der Waals surface area contributed by atoms with Gasteiger partial charge in [0.15, 0.2) is 0 Å². The van der Waals surface area contributed by atoms with Crippen LogP contribution in [-0.4, -0.2) is 63.7 Å². The molecule has 0 bridgehead atoms. The van der Waals surface area contributed by atoms with E-state index < -0.39 is 12.0 Å². The molecule has 1 aliphatic heterocycles. The smallest absolute Gasteiger partial charge is 0.0881 e. The van der Waals surface area contributed by atoms with Gasteiger partial charge in [-0.25, -0.2) is 0 Å². The Morgan fingerprint density at radius 2 is 1.83 bits per heavy atom. The van der Waals surface area contributed by atoms with Crippen molar-refractivity contribution in [2.45, 2.75) is 44.4 Å². The lowest BCUT2D eigenvalue weighted by molar-refractivity contribution is 0.0829. The van der Waals surface area contributed by atoms with E-state index in [0.29, 0.717) is 12.3 Å². The number of nitrogens with zero attached hydrogens (tertiary/aromatic N) is 1.